The van der Waals surface area contributed by atoms with Gasteiger partial charge in [-0.25, -0.2) is 18.4 Å². The lowest BCUT2D eigenvalue weighted by atomic mass is 9.90. The van der Waals surface area contributed by atoms with Crippen molar-refractivity contribution in [3.63, 3.8) is 0 Å². The first kappa shape index (κ1) is 25.7. The molecule has 4 atom stereocenters. The quantitative estimate of drug-likeness (QED) is 0.386. The predicted octanol–water partition coefficient (Wildman–Crippen LogP) is 5.05. The Morgan fingerprint density at radius 1 is 1.09 bits per heavy atom. The Hall–Kier alpha value is -1.94. The Kier molecular flexibility index (Phi) is 8.55. The molecule has 3 rings (SSSR count). The summed E-state index contributed by atoms with van der Waals surface area (Å²) in [4.78, 5) is 5.00. The molecule has 0 aliphatic carbocycles. The summed E-state index contributed by atoms with van der Waals surface area (Å²) >= 11 is 3.00. The summed E-state index contributed by atoms with van der Waals surface area (Å²) in [5.74, 6) is -1.50. The van der Waals surface area contributed by atoms with Crippen LogP contribution in [-0.2, 0) is 12.1 Å². The Bertz CT molecular complexity index is 1030. The second-order valence-corrected chi connectivity index (χ2v) is 10.7. The molecule has 33 heavy (non-hydrogen) atoms. The van der Waals surface area contributed by atoms with Gasteiger partial charge < -0.3 is 10.2 Å². The first-order chi connectivity index (χ1) is 15.7. The van der Waals surface area contributed by atoms with E-state index in [9.17, 15) is 19.0 Å². The number of rotatable bonds is 10. The zero-order valence-corrected chi connectivity index (χ0v) is 20.7. The first-order valence-corrected chi connectivity index (χ1v) is 12.8. The van der Waals surface area contributed by atoms with Crippen LogP contribution in [0.25, 0.3) is 0 Å². The average Bonchev–Trinajstić information content (AvgIpc) is 3.29. The molecule has 0 amide bonds. The Morgan fingerprint density at radius 3 is 2.33 bits per heavy atom. The maximum atomic E-state index is 14.8. The van der Waals surface area contributed by atoms with Crippen molar-refractivity contribution in [1.29, 1.82) is 0 Å². The summed E-state index contributed by atoms with van der Waals surface area (Å²) in [6.07, 6.45) is 3.97. The number of thioether (sulfide) groups is 2. The second-order valence-electron chi connectivity index (χ2n) is 8.35. The van der Waals surface area contributed by atoms with E-state index in [-0.39, 0.29) is 23.3 Å². The van der Waals surface area contributed by atoms with Gasteiger partial charge in [-0.05, 0) is 35.9 Å². The van der Waals surface area contributed by atoms with Crippen LogP contribution < -0.4 is 0 Å². The number of aromatic nitrogens is 3. The Labute approximate surface area is 201 Å². The van der Waals surface area contributed by atoms with Crippen LogP contribution in [0.15, 0.2) is 60.0 Å². The van der Waals surface area contributed by atoms with Crippen LogP contribution in [0.2, 0.25) is 0 Å². The lowest BCUT2D eigenvalue weighted by Crippen LogP contribution is -2.43. The lowest BCUT2D eigenvalue weighted by molar-refractivity contribution is 0.0128. The molecular weight excluding hydrogens is 464 g/mol. The minimum absolute atomic E-state index is 0.0271. The molecular formula is C24H29F2N3O2S2. The van der Waals surface area contributed by atoms with Crippen LogP contribution in [-0.4, -0.2) is 41.7 Å². The number of aliphatic hydroxyl groups excluding tert-OH is 1. The number of hydrogen-bond acceptors (Lipinski definition) is 6. The number of nitrogens with zero attached hydrogens (tertiary/aromatic N) is 3. The molecule has 5 nitrogen and oxygen atoms in total. The van der Waals surface area contributed by atoms with Crippen LogP contribution in [0, 0.1) is 17.6 Å². The molecule has 9 heteroatoms. The SMILES string of the molecule is CSc1ccc(C(O)C(S[C@H](C)[C@](O)(Cn2cncn2)c2ccc(F)cc2F)C(C)C)cc1. The third-order valence-corrected chi connectivity index (χ3v) is 8.38. The highest BCUT2D eigenvalue weighted by atomic mass is 32.2. The summed E-state index contributed by atoms with van der Waals surface area (Å²) in [6, 6.07) is 10.9. The molecule has 0 radical (unpaired) electrons. The molecule has 1 aromatic heterocycles. The highest BCUT2D eigenvalue weighted by Crippen LogP contribution is 2.42. The predicted molar refractivity (Wildman–Crippen MR) is 129 cm³/mol. The van der Waals surface area contributed by atoms with E-state index in [4.69, 9.17) is 0 Å². The largest absolute Gasteiger partial charge is 0.387 e. The van der Waals surface area contributed by atoms with Crippen molar-refractivity contribution in [3.8, 4) is 0 Å². The van der Waals surface area contributed by atoms with Gasteiger partial charge in [0.15, 0.2) is 0 Å². The minimum Gasteiger partial charge on any atom is -0.387 e. The van der Waals surface area contributed by atoms with Crippen LogP contribution in [0.3, 0.4) is 0 Å². The number of hydrogen-bond donors (Lipinski definition) is 2. The van der Waals surface area contributed by atoms with E-state index in [2.05, 4.69) is 10.1 Å². The molecule has 1 heterocycles. The van der Waals surface area contributed by atoms with Gasteiger partial charge in [-0.2, -0.15) is 5.10 Å². The van der Waals surface area contributed by atoms with Gasteiger partial charge in [0, 0.05) is 27.0 Å². The van der Waals surface area contributed by atoms with Crippen LogP contribution in [0.1, 0.15) is 38.0 Å². The van der Waals surface area contributed by atoms with Crippen LogP contribution in [0.5, 0.6) is 0 Å². The van der Waals surface area contributed by atoms with Gasteiger partial charge in [0.05, 0.1) is 12.6 Å². The molecule has 3 aromatic rings. The Morgan fingerprint density at radius 2 is 1.79 bits per heavy atom. The third kappa shape index (κ3) is 5.95. The van der Waals surface area contributed by atoms with Gasteiger partial charge in [0.25, 0.3) is 0 Å². The van der Waals surface area contributed by atoms with Crippen molar-refractivity contribution in [2.75, 3.05) is 6.26 Å². The molecule has 0 fully saturated rings. The van der Waals surface area contributed by atoms with Crippen molar-refractivity contribution >= 4 is 23.5 Å². The van der Waals surface area contributed by atoms with Crippen LogP contribution >= 0.6 is 23.5 Å². The summed E-state index contributed by atoms with van der Waals surface area (Å²) in [5, 5.41) is 26.2. The second kappa shape index (κ2) is 11.0. The number of aliphatic hydroxyl groups is 2. The van der Waals surface area contributed by atoms with Crippen molar-refractivity contribution < 1.29 is 19.0 Å². The number of benzene rings is 2. The van der Waals surface area contributed by atoms with E-state index in [1.807, 2.05) is 44.4 Å². The van der Waals surface area contributed by atoms with E-state index >= 15 is 0 Å². The van der Waals surface area contributed by atoms with Crippen molar-refractivity contribution in [3.05, 3.63) is 77.9 Å². The van der Waals surface area contributed by atoms with Gasteiger partial charge in [0.1, 0.15) is 29.9 Å². The van der Waals surface area contributed by atoms with Gasteiger partial charge in [-0.1, -0.05) is 39.0 Å². The molecule has 178 valence electrons. The lowest BCUT2D eigenvalue weighted by Gasteiger charge is -2.38. The van der Waals surface area contributed by atoms with Gasteiger partial charge in [-0.15, -0.1) is 23.5 Å². The highest BCUT2D eigenvalue weighted by Gasteiger charge is 2.42. The molecule has 0 saturated carbocycles. The summed E-state index contributed by atoms with van der Waals surface area (Å²) in [6.45, 7) is 5.70. The summed E-state index contributed by atoms with van der Waals surface area (Å²) < 4.78 is 29.8. The van der Waals surface area contributed by atoms with Crippen LogP contribution in [0.4, 0.5) is 8.78 Å². The van der Waals surface area contributed by atoms with E-state index in [0.717, 1.165) is 22.6 Å². The Balaban J connectivity index is 1.93. The summed E-state index contributed by atoms with van der Waals surface area (Å²) in [5.41, 5.74) is -0.981. The maximum absolute atomic E-state index is 14.8. The smallest absolute Gasteiger partial charge is 0.137 e. The van der Waals surface area contributed by atoms with Gasteiger partial charge in [-0.3, -0.25) is 0 Å². The molecule has 2 N–H and O–H groups in total. The zero-order valence-electron chi connectivity index (χ0n) is 19.0. The topological polar surface area (TPSA) is 71.2 Å². The van der Waals surface area contributed by atoms with Crippen molar-refractivity contribution in [1.82, 2.24) is 14.8 Å². The number of halogens is 2. The average molecular weight is 494 g/mol. The van der Waals surface area contributed by atoms with E-state index in [1.54, 1.807) is 18.7 Å². The molecule has 0 bridgehead atoms. The fourth-order valence-electron chi connectivity index (χ4n) is 3.77. The fourth-order valence-corrected chi connectivity index (χ4v) is 5.70. The summed E-state index contributed by atoms with van der Waals surface area (Å²) in [7, 11) is 0. The third-order valence-electron chi connectivity index (χ3n) is 5.73. The monoisotopic (exact) mass is 493 g/mol. The first-order valence-electron chi connectivity index (χ1n) is 10.6. The zero-order chi connectivity index (χ0) is 24.2. The van der Waals surface area contributed by atoms with Gasteiger partial charge >= 0.3 is 0 Å². The fraction of sp³-hybridized carbons (Fsp3) is 0.417. The molecule has 2 aromatic carbocycles. The van der Waals surface area contributed by atoms with Crippen molar-refractivity contribution in [2.45, 2.75) is 54.4 Å². The van der Waals surface area contributed by atoms with E-state index in [0.29, 0.717) is 0 Å². The molecule has 0 aliphatic heterocycles. The molecule has 0 saturated heterocycles. The van der Waals surface area contributed by atoms with E-state index in [1.165, 1.54) is 35.2 Å². The molecule has 0 aliphatic rings. The molecule has 0 spiro atoms. The van der Waals surface area contributed by atoms with Crippen molar-refractivity contribution in [2.24, 2.45) is 5.92 Å². The maximum Gasteiger partial charge on any atom is 0.137 e. The standard InChI is InChI=1S/C24H29F2N3O2S2/c1-15(2)23(22(30)17-5-8-19(32-4)9-6-17)33-16(3)24(31,12-29-14-27-13-28-29)20-10-7-18(25)11-21(20)26/h5-11,13-16,22-23,30-31H,12H2,1-4H3/t16-,22?,23?,24-/m1/s1. The van der Waals surface area contributed by atoms with Gasteiger partial charge in [0.2, 0.25) is 0 Å². The highest BCUT2D eigenvalue weighted by molar-refractivity contribution is 8.00. The van der Waals surface area contributed by atoms with E-state index < -0.39 is 28.6 Å². The minimum atomic E-state index is -1.73. The molecule has 2 unspecified atom stereocenters. The normalized spacial score (nSPS) is 16.4.